The van der Waals surface area contributed by atoms with Crippen LogP contribution in [-0.4, -0.2) is 67.5 Å². The van der Waals surface area contributed by atoms with Crippen LogP contribution in [0.3, 0.4) is 0 Å². The van der Waals surface area contributed by atoms with E-state index in [4.69, 9.17) is 28.4 Å². The first-order valence-corrected chi connectivity index (χ1v) is 9.63. The molecule has 0 bridgehead atoms. The lowest BCUT2D eigenvalue weighted by Crippen LogP contribution is -2.63. The van der Waals surface area contributed by atoms with Crippen LogP contribution in [0.25, 0.3) is 0 Å². The molecule has 0 spiro atoms. The van der Waals surface area contributed by atoms with Crippen molar-refractivity contribution in [2.45, 2.75) is 58.4 Å². The zero-order valence-electron chi connectivity index (χ0n) is 18.0. The van der Waals surface area contributed by atoms with Gasteiger partial charge in [0, 0.05) is 33.3 Å². The Balaban J connectivity index is 2.43. The summed E-state index contributed by atoms with van der Waals surface area (Å²) in [6.07, 6.45) is -5.72. The molecule has 0 amide bonds. The van der Waals surface area contributed by atoms with Crippen molar-refractivity contribution < 1.29 is 52.4 Å². The van der Waals surface area contributed by atoms with Crippen molar-refractivity contribution in [2.24, 2.45) is 0 Å². The molecule has 1 aliphatic rings. The smallest absolute Gasteiger partial charge is 0.303 e. The fourth-order valence-corrected chi connectivity index (χ4v) is 3.04. The zero-order chi connectivity index (χ0) is 23.8. The minimum atomic E-state index is -1.34. The topological polar surface area (TPSA) is 141 Å². The van der Waals surface area contributed by atoms with Crippen molar-refractivity contribution in [3.8, 4) is 5.75 Å². The summed E-state index contributed by atoms with van der Waals surface area (Å²) in [5.41, 5.74) is 0.402. The summed E-state index contributed by atoms with van der Waals surface area (Å²) < 4.78 is 32.5. The number of aldehydes is 1. The predicted octanol–water partition coefficient (Wildman–Crippen LogP) is 0.961. The maximum absolute atomic E-state index is 11.8. The molecule has 5 atom stereocenters. The van der Waals surface area contributed by atoms with E-state index < -0.39 is 54.6 Å². The number of esters is 4. The van der Waals surface area contributed by atoms with Gasteiger partial charge in [0.2, 0.25) is 12.4 Å². The molecule has 11 nitrogen and oxygen atoms in total. The molecule has 11 heteroatoms. The van der Waals surface area contributed by atoms with Crippen molar-refractivity contribution in [1.29, 1.82) is 0 Å². The van der Waals surface area contributed by atoms with E-state index in [1.807, 2.05) is 0 Å². The number of rotatable bonds is 8. The Morgan fingerprint density at radius 1 is 0.812 bits per heavy atom. The summed E-state index contributed by atoms with van der Waals surface area (Å²) in [6, 6.07) is 5.96. The van der Waals surface area contributed by atoms with Crippen LogP contribution in [-0.2, 0) is 42.9 Å². The summed E-state index contributed by atoms with van der Waals surface area (Å²) >= 11 is 0. The van der Waals surface area contributed by atoms with E-state index in [-0.39, 0.29) is 12.4 Å². The third-order valence-corrected chi connectivity index (χ3v) is 4.22. The molecule has 4 unspecified atom stereocenters. The molecule has 1 aromatic rings. The van der Waals surface area contributed by atoms with Crippen LogP contribution < -0.4 is 4.74 Å². The van der Waals surface area contributed by atoms with Gasteiger partial charge in [-0.05, 0) is 24.3 Å². The Morgan fingerprint density at radius 2 is 1.34 bits per heavy atom. The second-order valence-electron chi connectivity index (χ2n) is 6.87. The van der Waals surface area contributed by atoms with Crippen LogP contribution in [0.5, 0.6) is 5.75 Å². The highest BCUT2D eigenvalue weighted by Gasteiger charge is 2.53. The lowest BCUT2D eigenvalue weighted by atomic mass is 9.98. The maximum Gasteiger partial charge on any atom is 0.303 e. The van der Waals surface area contributed by atoms with Gasteiger partial charge in [-0.1, -0.05) is 0 Å². The molecule has 2 rings (SSSR count). The minimum Gasteiger partial charge on any atom is -0.463 e. The monoisotopic (exact) mass is 452 g/mol. The third-order valence-electron chi connectivity index (χ3n) is 4.22. The molecule has 1 fully saturated rings. The average Bonchev–Trinajstić information content (AvgIpc) is 2.70. The van der Waals surface area contributed by atoms with Crippen LogP contribution in [0.15, 0.2) is 24.3 Å². The molecule has 174 valence electrons. The number of hydrogen-bond donors (Lipinski definition) is 0. The van der Waals surface area contributed by atoms with Gasteiger partial charge in [0.05, 0.1) is 0 Å². The summed E-state index contributed by atoms with van der Waals surface area (Å²) in [6.45, 7) is 4.21. The fourth-order valence-electron chi connectivity index (χ4n) is 3.04. The highest BCUT2D eigenvalue weighted by atomic mass is 16.7. The van der Waals surface area contributed by atoms with Crippen LogP contribution in [0.1, 0.15) is 38.1 Å². The van der Waals surface area contributed by atoms with Crippen LogP contribution >= 0.6 is 0 Å². The first-order chi connectivity index (χ1) is 15.1. The van der Waals surface area contributed by atoms with Crippen LogP contribution in [0.4, 0.5) is 0 Å². The molecule has 0 radical (unpaired) electrons. The van der Waals surface area contributed by atoms with Gasteiger partial charge in [0.25, 0.3) is 0 Å². The highest BCUT2D eigenvalue weighted by molar-refractivity contribution is 5.74. The van der Waals surface area contributed by atoms with Crippen LogP contribution in [0.2, 0.25) is 0 Å². The van der Waals surface area contributed by atoms with Gasteiger partial charge in [-0.15, -0.1) is 0 Å². The second kappa shape index (κ2) is 11.2. The Bertz CT molecular complexity index is 848. The van der Waals surface area contributed by atoms with Gasteiger partial charge in [-0.2, -0.15) is 0 Å². The summed E-state index contributed by atoms with van der Waals surface area (Å²) in [4.78, 5) is 57.4. The van der Waals surface area contributed by atoms with E-state index in [0.29, 0.717) is 11.8 Å². The number of benzene rings is 1. The van der Waals surface area contributed by atoms with E-state index in [1.165, 1.54) is 31.2 Å². The summed E-state index contributed by atoms with van der Waals surface area (Å²) in [5, 5.41) is 0. The molecular weight excluding hydrogens is 428 g/mol. The van der Waals surface area contributed by atoms with Gasteiger partial charge in [0.15, 0.2) is 12.2 Å². The Morgan fingerprint density at radius 3 is 1.84 bits per heavy atom. The minimum absolute atomic E-state index is 0.247. The average molecular weight is 452 g/mol. The molecular formula is C21H24O11. The lowest BCUT2D eigenvalue weighted by Gasteiger charge is -2.43. The lowest BCUT2D eigenvalue weighted by molar-refractivity contribution is -0.288. The largest absolute Gasteiger partial charge is 0.463 e. The second-order valence-corrected chi connectivity index (χ2v) is 6.87. The van der Waals surface area contributed by atoms with E-state index in [1.54, 1.807) is 0 Å². The number of carbonyl (C=O) groups excluding carboxylic acids is 5. The molecule has 32 heavy (non-hydrogen) atoms. The van der Waals surface area contributed by atoms with Crippen molar-refractivity contribution in [3.05, 3.63) is 29.8 Å². The number of ether oxygens (including phenoxy) is 6. The molecule has 0 aromatic heterocycles. The summed E-state index contributed by atoms with van der Waals surface area (Å²) in [7, 11) is 0. The molecule has 1 saturated heterocycles. The van der Waals surface area contributed by atoms with Crippen molar-refractivity contribution in [3.63, 3.8) is 0 Å². The van der Waals surface area contributed by atoms with Gasteiger partial charge in [-0.3, -0.25) is 24.0 Å². The number of carbonyl (C=O) groups is 5. The van der Waals surface area contributed by atoms with Crippen molar-refractivity contribution in [2.75, 3.05) is 6.61 Å². The van der Waals surface area contributed by atoms with Crippen LogP contribution in [0, 0.1) is 0 Å². The quantitative estimate of drug-likeness (QED) is 0.316. The fraction of sp³-hybridized carbons (Fsp3) is 0.476. The van der Waals surface area contributed by atoms with Gasteiger partial charge < -0.3 is 28.4 Å². The molecule has 1 heterocycles. The van der Waals surface area contributed by atoms with Crippen molar-refractivity contribution >= 4 is 30.2 Å². The highest BCUT2D eigenvalue weighted by Crippen LogP contribution is 2.31. The standard InChI is InChI=1S/C21H24O11/c1-11(23)27-10-17-18(28-12(2)24)19(29-13(3)25)20(30-14(4)26)21(32-17)31-16-7-5-15(9-22)6-8-16/h5-9,17-21H,10H2,1-4H3/t17?,18?,19?,20?,21-/m1/s1. The summed E-state index contributed by atoms with van der Waals surface area (Å²) in [5.74, 6) is -2.58. The van der Waals surface area contributed by atoms with Gasteiger partial charge >= 0.3 is 23.9 Å². The van der Waals surface area contributed by atoms with E-state index in [9.17, 15) is 24.0 Å². The Hall–Kier alpha value is -3.47. The maximum atomic E-state index is 11.8. The first-order valence-electron chi connectivity index (χ1n) is 9.63. The predicted molar refractivity (Wildman–Crippen MR) is 104 cm³/mol. The zero-order valence-corrected chi connectivity index (χ0v) is 18.0. The molecule has 0 aliphatic carbocycles. The Labute approximate surface area is 183 Å². The first kappa shape index (κ1) is 24.8. The van der Waals surface area contributed by atoms with E-state index in [2.05, 4.69) is 0 Å². The molecule has 0 saturated carbocycles. The Kier molecular flexibility index (Phi) is 8.71. The molecule has 1 aliphatic heterocycles. The van der Waals surface area contributed by atoms with E-state index >= 15 is 0 Å². The number of hydrogen-bond acceptors (Lipinski definition) is 11. The molecule has 1 aromatic carbocycles. The normalized spacial score (nSPS) is 24.6. The third kappa shape index (κ3) is 7.05. The molecule has 0 N–H and O–H groups in total. The van der Waals surface area contributed by atoms with Crippen molar-refractivity contribution in [1.82, 2.24) is 0 Å². The SMILES string of the molecule is CC(=O)OCC1O[C@@H](Oc2ccc(C=O)cc2)C(OC(C)=O)C(OC(C)=O)C1OC(C)=O. The van der Waals surface area contributed by atoms with E-state index in [0.717, 1.165) is 20.8 Å². The van der Waals surface area contributed by atoms with Gasteiger partial charge in [0.1, 0.15) is 24.7 Å². The van der Waals surface area contributed by atoms with Gasteiger partial charge in [-0.25, -0.2) is 0 Å².